The zero-order valence-electron chi connectivity index (χ0n) is 16.6. The van der Waals surface area contributed by atoms with Crippen LogP contribution in [-0.2, 0) is 10.3 Å². The molecule has 2 N–H and O–H groups in total. The zero-order valence-corrected chi connectivity index (χ0v) is 16.6. The van der Waals surface area contributed by atoms with Gasteiger partial charge in [-0.2, -0.15) is 0 Å². The minimum Gasteiger partial charge on any atom is -0.304 e. The van der Waals surface area contributed by atoms with Gasteiger partial charge in [-0.05, 0) is 30.5 Å². The number of hydrogen-bond donors (Lipinski definition) is 2. The maximum absolute atomic E-state index is 10.8. The van der Waals surface area contributed by atoms with Crippen LogP contribution in [0.5, 0.6) is 0 Å². The molecule has 28 heavy (non-hydrogen) atoms. The van der Waals surface area contributed by atoms with E-state index in [0.29, 0.717) is 13.1 Å². The van der Waals surface area contributed by atoms with Gasteiger partial charge < -0.3 is 10.1 Å². The van der Waals surface area contributed by atoms with Crippen LogP contribution in [0.15, 0.2) is 91.0 Å². The van der Waals surface area contributed by atoms with Gasteiger partial charge in [0.1, 0.15) is 6.29 Å². The Balaban J connectivity index is 2.13. The number of rotatable bonds is 9. The first kappa shape index (κ1) is 20.0. The van der Waals surface area contributed by atoms with Crippen molar-refractivity contribution in [2.24, 2.45) is 0 Å². The number of benzene rings is 3. The number of carbonyl (C=O) groups is 1. The monoisotopic (exact) mass is 372 g/mol. The molecule has 0 unspecified atom stereocenters. The molecule has 0 aliphatic carbocycles. The molecule has 0 saturated heterocycles. The Hall–Kier alpha value is -2.75. The molecule has 0 atom stereocenters. The Morgan fingerprint density at radius 3 is 1.43 bits per heavy atom. The van der Waals surface area contributed by atoms with Crippen LogP contribution in [-0.4, -0.2) is 24.9 Å². The van der Waals surface area contributed by atoms with E-state index in [0.717, 1.165) is 6.29 Å². The van der Waals surface area contributed by atoms with Gasteiger partial charge in [0.15, 0.2) is 0 Å². The second kappa shape index (κ2) is 8.96. The molecule has 144 valence electrons. The molecule has 0 amide bonds. The molecule has 0 fully saturated rings. The molecule has 0 bridgehead atoms. The maximum atomic E-state index is 10.8. The van der Waals surface area contributed by atoms with Gasteiger partial charge in [0, 0.05) is 12.1 Å². The SMILES string of the molecule is CC(C)(CNC(c1ccccc1)(c1ccccc1)c1ccccc1)NCC=O. The molecule has 0 aromatic heterocycles. The minimum atomic E-state index is -0.496. The Labute approximate surface area is 167 Å². The predicted molar refractivity (Wildman–Crippen MR) is 115 cm³/mol. The van der Waals surface area contributed by atoms with Crippen molar-refractivity contribution >= 4 is 6.29 Å². The topological polar surface area (TPSA) is 41.1 Å². The molecule has 0 aliphatic rings. The molecule has 3 nitrogen and oxygen atoms in total. The van der Waals surface area contributed by atoms with Gasteiger partial charge in [-0.15, -0.1) is 0 Å². The second-order valence-corrected chi connectivity index (χ2v) is 7.63. The van der Waals surface area contributed by atoms with E-state index in [-0.39, 0.29) is 5.54 Å². The van der Waals surface area contributed by atoms with Gasteiger partial charge >= 0.3 is 0 Å². The van der Waals surface area contributed by atoms with Crippen molar-refractivity contribution in [3.05, 3.63) is 108 Å². The molecule has 0 spiro atoms. The van der Waals surface area contributed by atoms with E-state index in [1.165, 1.54) is 16.7 Å². The molecule has 0 heterocycles. The minimum absolute atomic E-state index is 0.246. The summed E-state index contributed by atoms with van der Waals surface area (Å²) < 4.78 is 0. The number of carbonyl (C=O) groups excluding carboxylic acids is 1. The number of aldehydes is 1. The van der Waals surface area contributed by atoms with E-state index < -0.39 is 5.54 Å². The van der Waals surface area contributed by atoms with Crippen molar-refractivity contribution in [1.29, 1.82) is 0 Å². The normalized spacial score (nSPS) is 11.9. The maximum Gasteiger partial charge on any atom is 0.133 e. The van der Waals surface area contributed by atoms with E-state index in [1.54, 1.807) is 0 Å². The molecule has 3 rings (SSSR count). The van der Waals surface area contributed by atoms with E-state index in [2.05, 4.69) is 97.3 Å². The van der Waals surface area contributed by atoms with Crippen LogP contribution in [0.3, 0.4) is 0 Å². The Morgan fingerprint density at radius 2 is 1.07 bits per heavy atom. The third-order valence-electron chi connectivity index (χ3n) is 5.08. The summed E-state index contributed by atoms with van der Waals surface area (Å²) in [4.78, 5) is 10.8. The summed E-state index contributed by atoms with van der Waals surface area (Å²) in [6.07, 6.45) is 0.903. The van der Waals surface area contributed by atoms with Crippen molar-refractivity contribution in [3.8, 4) is 0 Å². The van der Waals surface area contributed by atoms with E-state index in [9.17, 15) is 4.79 Å². The first-order valence-electron chi connectivity index (χ1n) is 9.69. The standard InChI is InChI=1S/C25H28N2O/c1-24(2,26-18-19-28)20-27-25(21-12-6-3-7-13-21,22-14-8-4-9-15-22)23-16-10-5-11-17-23/h3-17,19,26-27H,18,20H2,1-2H3. The highest BCUT2D eigenvalue weighted by atomic mass is 16.1. The lowest BCUT2D eigenvalue weighted by atomic mass is 9.76. The van der Waals surface area contributed by atoms with Gasteiger partial charge in [-0.25, -0.2) is 0 Å². The Morgan fingerprint density at radius 1 is 0.679 bits per heavy atom. The fourth-order valence-electron chi connectivity index (χ4n) is 3.60. The molecule has 3 heteroatoms. The van der Waals surface area contributed by atoms with Crippen LogP contribution in [0, 0.1) is 0 Å². The fraction of sp³-hybridized carbons (Fsp3) is 0.240. The third kappa shape index (κ3) is 4.38. The first-order chi connectivity index (χ1) is 13.6. The average Bonchev–Trinajstić information content (AvgIpc) is 2.75. The Kier molecular flexibility index (Phi) is 6.40. The summed E-state index contributed by atoms with van der Waals surface area (Å²) in [5.41, 5.74) is 2.80. The van der Waals surface area contributed by atoms with Gasteiger partial charge in [0.05, 0.1) is 12.1 Å². The van der Waals surface area contributed by atoms with Crippen LogP contribution in [0.2, 0.25) is 0 Å². The lowest BCUT2D eigenvalue weighted by Gasteiger charge is -2.40. The van der Waals surface area contributed by atoms with Crippen molar-refractivity contribution in [3.63, 3.8) is 0 Å². The first-order valence-corrected chi connectivity index (χ1v) is 9.69. The van der Waals surface area contributed by atoms with Crippen LogP contribution in [0.4, 0.5) is 0 Å². The molecule has 0 radical (unpaired) electrons. The highest BCUT2D eigenvalue weighted by molar-refractivity contribution is 5.52. The third-order valence-corrected chi connectivity index (χ3v) is 5.08. The summed E-state index contributed by atoms with van der Waals surface area (Å²) in [6, 6.07) is 31.6. The summed E-state index contributed by atoms with van der Waals surface area (Å²) in [6.45, 7) is 5.23. The summed E-state index contributed by atoms with van der Waals surface area (Å²) in [7, 11) is 0. The zero-order chi connectivity index (χ0) is 19.9. The predicted octanol–water partition coefficient (Wildman–Crippen LogP) is 4.14. The van der Waals surface area contributed by atoms with Gasteiger partial charge in [-0.1, -0.05) is 91.0 Å². The van der Waals surface area contributed by atoms with Gasteiger partial charge in [-0.3, -0.25) is 5.32 Å². The van der Waals surface area contributed by atoms with Gasteiger partial charge in [0.2, 0.25) is 0 Å². The molecular formula is C25H28N2O. The van der Waals surface area contributed by atoms with Crippen molar-refractivity contribution in [2.45, 2.75) is 24.9 Å². The highest BCUT2D eigenvalue weighted by Gasteiger charge is 2.37. The lowest BCUT2D eigenvalue weighted by Crippen LogP contribution is -2.55. The van der Waals surface area contributed by atoms with Gasteiger partial charge in [0.25, 0.3) is 0 Å². The van der Waals surface area contributed by atoms with Crippen LogP contribution in [0.1, 0.15) is 30.5 Å². The molecule has 3 aromatic rings. The molecule has 0 aliphatic heterocycles. The number of nitrogens with one attached hydrogen (secondary N) is 2. The smallest absolute Gasteiger partial charge is 0.133 e. The van der Waals surface area contributed by atoms with Crippen molar-refractivity contribution in [2.75, 3.05) is 13.1 Å². The summed E-state index contributed by atoms with van der Waals surface area (Å²) in [5.74, 6) is 0. The van der Waals surface area contributed by atoms with Crippen molar-refractivity contribution < 1.29 is 4.79 Å². The quantitative estimate of drug-likeness (QED) is 0.438. The average molecular weight is 373 g/mol. The summed E-state index contributed by atoms with van der Waals surface area (Å²) in [5, 5.41) is 7.16. The fourth-order valence-corrected chi connectivity index (χ4v) is 3.60. The second-order valence-electron chi connectivity index (χ2n) is 7.63. The molecular weight excluding hydrogens is 344 g/mol. The Bertz CT molecular complexity index is 764. The molecule has 3 aromatic carbocycles. The van der Waals surface area contributed by atoms with Crippen LogP contribution < -0.4 is 10.6 Å². The van der Waals surface area contributed by atoms with E-state index in [1.807, 2.05) is 18.2 Å². The van der Waals surface area contributed by atoms with Crippen molar-refractivity contribution in [1.82, 2.24) is 10.6 Å². The molecule has 0 saturated carbocycles. The van der Waals surface area contributed by atoms with E-state index in [4.69, 9.17) is 0 Å². The largest absolute Gasteiger partial charge is 0.304 e. The highest BCUT2D eigenvalue weighted by Crippen LogP contribution is 2.36. The summed E-state index contributed by atoms with van der Waals surface area (Å²) >= 11 is 0. The van der Waals surface area contributed by atoms with E-state index >= 15 is 0 Å². The lowest BCUT2D eigenvalue weighted by molar-refractivity contribution is -0.107. The van der Waals surface area contributed by atoms with Crippen LogP contribution >= 0.6 is 0 Å². The van der Waals surface area contributed by atoms with Crippen LogP contribution in [0.25, 0.3) is 0 Å². The number of hydrogen-bond acceptors (Lipinski definition) is 3.